The number of rotatable bonds is 15. The minimum atomic E-state index is -3.22. The van der Waals surface area contributed by atoms with Gasteiger partial charge in [-0.15, -0.1) is 0 Å². The van der Waals surface area contributed by atoms with Crippen molar-refractivity contribution in [1.29, 1.82) is 5.26 Å². The number of esters is 1. The minimum absolute atomic E-state index is 0.103. The Bertz CT molecular complexity index is 4960. The second-order valence-electron chi connectivity index (χ2n) is 21.6. The Morgan fingerprint density at radius 2 is 1.04 bits per heavy atom. The van der Waals surface area contributed by atoms with Crippen LogP contribution in [0.1, 0.15) is 56.8 Å². The van der Waals surface area contributed by atoms with E-state index in [2.05, 4.69) is 95.3 Å². The van der Waals surface area contributed by atoms with Gasteiger partial charge < -0.3 is 29.4 Å². The van der Waals surface area contributed by atoms with E-state index in [0.29, 0.717) is 47.0 Å². The van der Waals surface area contributed by atoms with Gasteiger partial charge in [0.15, 0.2) is 11.3 Å². The highest BCUT2D eigenvalue weighted by molar-refractivity contribution is 8.24. The van der Waals surface area contributed by atoms with Crippen LogP contribution in [0.4, 0.5) is 0 Å². The maximum Gasteiger partial charge on any atom is 0.339 e. The first-order valence-corrected chi connectivity index (χ1v) is 35.5. The lowest BCUT2D eigenvalue weighted by Crippen LogP contribution is -2.14. The topological polar surface area (TPSA) is 327 Å². The number of nitrogens with two attached hydrogens (primary N) is 1. The van der Waals surface area contributed by atoms with Crippen LogP contribution in [0.15, 0.2) is 182 Å². The van der Waals surface area contributed by atoms with Gasteiger partial charge in [-0.05, 0) is 147 Å². The van der Waals surface area contributed by atoms with Crippen LogP contribution in [0.25, 0.3) is 67.4 Å². The third-order valence-electron chi connectivity index (χ3n) is 13.8. The number of aromatic nitrogens is 16. The van der Waals surface area contributed by atoms with Crippen molar-refractivity contribution < 1.29 is 37.8 Å². The predicted molar refractivity (Wildman–Crippen MR) is 390 cm³/mol. The number of aryl methyl sites for hydroxylation is 3. The number of ketones is 1. The zero-order valence-electron chi connectivity index (χ0n) is 56.9. The van der Waals surface area contributed by atoms with E-state index in [4.69, 9.17) is 41.5 Å². The van der Waals surface area contributed by atoms with Gasteiger partial charge in [0.2, 0.25) is 0 Å². The Balaban J connectivity index is 0.000000176. The lowest BCUT2D eigenvalue weighted by molar-refractivity contribution is -0.145. The number of carbonyl (C=O) groups is 2. The van der Waals surface area contributed by atoms with Gasteiger partial charge in [-0.2, -0.15) is 35.9 Å². The van der Waals surface area contributed by atoms with Gasteiger partial charge in [0, 0.05) is 137 Å². The largest absolute Gasteiger partial charge is 0.496 e. The van der Waals surface area contributed by atoms with Gasteiger partial charge >= 0.3 is 11.2 Å². The third kappa shape index (κ3) is 22.1. The van der Waals surface area contributed by atoms with Crippen LogP contribution in [0.5, 0.6) is 23.0 Å². The van der Waals surface area contributed by atoms with E-state index in [1.54, 1.807) is 115 Å². The first-order valence-electron chi connectivity index (χ1n) is 30.7. The molecule has 32 heteroatoms. The Kier molecular flexibility index (Phi) is 28.7. The van der Waals surface area contributed by atoms with Crippen LogP contribution in [-0.4, -0.2) is 131 Å². The number of nitriles is 1. The number of hydrogen-bond acceptors (Lipinski definition) is 19. The summed E-state index contributed by atoms with van der Waals surface area (Å²) in [5.41, 5.74) is 18.8. The molecule has 0 aliphatic carbocycles. The molecule has 0 radical (unpaired) electrons. The monoisotopic (exact) mass is 1470 g/mol. The van der Waals surface area contributed by atoms with Crippen molar-refractivity contribution in [1.82, 2.24) is 78.5 Å². The lowest BCUT2D eigenvalue weighted by atomic mass is 10.1. The van der Waals surface area contributed by atoms with E-state index in [1.165, 1.54) is 17.5 Å². The number of fused-ring (bicyclic) bond motifs is 2. The average Bonchev–Trinajstić information content (AvgIpc) is 1.67. The van der Waals surface area contributed by atoms with Gasteiger partial charge in [0.25, 0.3) is 5.56 Å². The lowest BCUT2D eigenvalue weighted by Gasteiger charge is -2.10. The van der Waals surface area contributed by atoms with E-state index in [0.717, 1.165) is 90.3 Å². The molecule has 101 heavy (non-hydrogen) atoms. The van der Waals surface area contributed by atoms with Gasteiger partial charge in [0.1, 0.15) is 40.4 Å². The molecule has 0 saturated heterocycles. The van der Waals surface area contributed by atoms with E-state index >= 15 is 0 Å². The highest BCUT2D eigenvalue weighted by Gasteiger charge is 2.19. The number of aromatic amines is 2. The van der Waals surface area contributed by atoms with Crippen molar-refractivity contribution in [2.24, 2.45) is 5.73 Å². The summed E-state index contributed by atoms with van der Waals surface area (Å²) in [5, 5.41) is 37.0. The van der Waals surface area contributed by atoms with Crippen molar-refractivity contribution in [2.75, 3.05) is 35.0 Å². The van der Waals surface area contributed by atoms with Crippen LogP contribution < -0.4 is 30.2 Å². The molecule has 4 N–H and O–H groups in total. The number of H-pyrrole nitrogens is 2. The molecule has 4 aromatic carbocycles. The Hall–Kier alpha value is -10.9. The van der Waals surface area contributed by atoms with Crippen LogP contribution >= 0.6 is 50.5 Å². The molecule has 0 unspecified atom stereocenters. The zero-order valence-corrected chi connectivity index (χ0v) is 60.8. The standard InChI is InChI=1S/C17H14ClN5O.C17H15N5O2.C14H14N4O.C12H11N3O.C6H10O3.C3H9N.Cl3OP/c1-11-8-16(18)23-17(21-11)14(10-20-23)13-5-4-12(9-15(13)24-2)22-7-3-6-19-22;1-11-8-16(23)22-17(20-11)14(10-19-22)13-5-4-12(9-15(13)24-2)21-7-3-6-18-21;1-10-13(9-15-17-10)12-5-4-11(8-14(12)19-2)18-7-3-6-16-18;1-16-12-9-11(15-8-2-7-14-15)4-3-10(12)5-6-13;1-3-9-6(8)4-5(2)7;1-3(2)4;1-5(2,3)4/h3-10H,1-2H3;3-10,19H,1-2H3;3-9H,1-2H3,(H,15,17);2-4,7-9H,5H2,1H3;3-4H2,1-2H3;3H,4H2,1-2H3;. The van der Waals surface area contributed by atoms with Crippen LogP contribution in [0.2, 0.25) is 5.15 Å². The quantitative estimate of drug-likeness (QED) is 0.0371. The van der Waals surface area contributed by atoms with Gasteiger partial charge in [-0.1, -0.05) is 31.5 Å². The Labute approximate surface area is 600 Å². The van der Waals surface area contributed by atoms with E-state index in [-0.39, 0.29) is 17.8 Å². The molecule has 0 fully saturated rings. The molecule has 9 aromatic heterocycles. The minimum Gasteiger partial charge on any atom is -0.496 e. The number of hydrogen-bond donors (Lipinski definition) is 3. The molecule has 0 bridgehead atoms. The molecule has 9 heterocycles. The maximum absolute atomic E-state index is 12.1. The molecule has 0 aliphatic rings. The third-order valence-corrected chi connectivity index (χ3v) is 14.0. The highest BCUT2D eigenvalue weighted by atomic mass is 36.0. The number of ether oxygens (including phenoxy) is 5. The SMILES string of the molecule is CC(C)N.CCOC(=O)CC(C)=O.COc1cc(-n2cccn2)ccc1-c1c[nH]n2c(=O)cc(C)nc12.COc1cc(-n2cccn2)ccc1-c1cn[nH]c1C.COc1cc(-n2cccn2)ccc1-c1cnn2c(Cl)cc(C)nc12.COc1cc(-n2cccn2)ccc1CC#N.O=P(Cl)(Cl)Cl. The average molecular weight is 1470 g/mol. The Morgan fingerprint density at radius 3 is 1.45 bits per heavy atom. The van der Waals surface area contributed by atoms with Gasteiger partial charge in [-0.25, -0.2) is 37.7 Å². The second-order valence-corrected chi connectivity index (χ2v) is 28.6. The molecule has 0 aliphatic heterocycles. The second kappa shape index (κ2) is 37.4. The summed E-state index contributed by atoms with van der Waals surface area (Å²) in [6, 6.07) is 36.6. The molecule has 0 saturated carbocycles. The summed E-state index contributed by atoms with van der Waals surface area (Å²) < 4.78 is 46.0. The molecule has 0 atom stereocenters. The van der Waals surface area contributed by atoms with Crippen LogP contribution in [-0.2, 0) is 25.3 Å². The molecule has 13 aromatic rings. The van der Waals surface area contributed by atoms with Crippen molar-refractivity contribution in [3.05, 3.63) is 216 Å². The number of methoxy groups -OCH3 is 4. The van der Waals surface area contributed by atoms with Gasteiger partial charge in [0.05, 0.1) is 88.2 Å². The van der Waals surface area contributed by atoms with E-state index in [1.807, 2.05) is 150 Å². The van der Waals surface area contributed by atoms with Gasteiger partial charge in [-0.3, -0.25) is 29.1 Å². The smallest absolute Gasteiger partial charge is 0.339 e. The van der Waals surface area contributed by atoms with Crippen molar-refractivity contribution in [3.63, 3.8) is 0 Å². The van der Waals surface area contributed by atoms with Crippen molar-refractivity contribution in [3.8, 4) is 85.2 Å². The fourth-order valence-corrected chi connectivity index (χ4v) is 9.77. The summed E-state index contributed by atoms with van der Waals surface area (Å²) in [4.78, 5) is 41.7. The van der Waals surface area contributed by atoms with E-state index in [9.17, 15) is 18.9 Å². The van der Waals surface area contributed by atoms with Crippen LogP contribution in [0, 0.1) is 32.1 Å². The number of nitrogens with one attached hydrogen (secondary N) is 2. The molecule has 13 rings (SSSR count). The molecule has 0 spiro atoms. The predicted octanol–water partition coefficient (Wildman–Crippen LogP) is 14.0. The number of nitrogens with zero attached hydrogens (tertiary/aromatic N) is 15. The first kappa shape index (κ1) is 77.5. The number of carbonyl (C=O) groups excluding carboxylic acids is 2. The zero-order chi connectivity index (χ0) is 73.3. The molecule has 0 amide bonds. The Morgan fingerprint density at radius 1 is 0.614 bits per heavy atom. The summed E-state index contributed by atoms with van der Waals surface area (Å²) >= 11 is 20.1. The van der Waals surface area contributed by atoms with Crippen molar-refractivity contribution >= 4 is 73.6 Å². The summed E-state index contributed by atoms with van der Waals surface area (Å²) in [6.45, 7) is 13.0. The maximum atomic E-state index is 12.1. The number of halogens is 4. The molecule has 27 nitrogen and oxygen atoms in total. The molecular weight excluding hydrogens is 1400 g/mol. The first-order chi connectivity index (χ1) is 48.4. The fourth-order valence-electron chi connectivity index (χ4n) is 9.49. The summed E-state index contributed by atoms with van der Waals surface area (Å²) in [6.07, 6.45) is 20.0. The van der Waals surface area contributed by atoms with E-state index < -0.39 is 11.2 Å². The summed E-state index contributed by atoms with van der Waals surface area (Å²) in [7, 11) is 6.53. The molecular formula is C69H73Cl4N18O9P. The van der Waals surface area contributed by atoms with Crippen LogP contribution in [0.3, 0.4) is 0 Å². The summed E-state index contributed by atoms with van der Waals surface area (Å²) in [5.74, 6) is 2.32. The fraction of sp³-hybridized carbons (Fsp3) is 0.217. The van der Waals surface area contributed by atoms with Crippen molar-refractivity contribution in [2.45, 2.75) is 67.3 Å². The molecule has 526 valence electrons. The number of Topliss-reactive ketones (excluding diaryl/α,β-unsaturated/α-hetero) is 1. The number of benzene rings is 4. The normalized spacial score (nSPS) is 10.5. The highest BCUT2D eigenvalue weighted by Crippen LogP contribution is 2.61.